The van der Waals surface area contributed by atoms with Crippen LogP contribution < -0.4 is 56.8 Å². The number of rotatable bonds is 4. The first-order chi connectivity index (χ1) is 12.9. The average Bonchev–Trinajstić information content (AvgIpc) is 2.56. The van der Waals surface area contributed by atoms with E-state index in [1.54, 1.807) is 25.7 Å². The van der Waals surface area contributed by atoms with Crippen molar-refractivity contribution in [2.24, 2.45) is 5.11 Å². The van der Waals surface area contributed by atoms with Gasteiger partial charge in [-0.05, 0) is 44.9 Å². The fourth-order valence-corrected chi connectivity index (χ4v) is 3.04. The van der Waals surface area contributed by atoms with Crippen molar-refractivity contribution >= 4 is 24.2 Å². The van der Waals surface area contributed by atoms with Gasteiger partial charge in [-0.1, -0.05) is 16.7 Å². The Morgan fingerprint density at radius 2 is 1.83 bits per heavy atom. The molecule has 0 unspecified atom stereocenters. The summed E-state index contributed by atoms with van der Waals surface area (Å²) in [4.78, 5) is 18.3. The Kier molecular flexibility index (Phi) is 9.54. The van der Waals surface area contributed by atoms with Gasteiger partial charge in [-0.3, -0.25) is 4.90 Å². The zero-order valence-corrected chi connectivity index (χ0v) is 20.6. The summed E-state index contributed by atoms with van der Waals surface area (Å²) in [5.41, 5.74) is 7.66. The first-order valence-corrected chi connectivity index (χ1v) is 8.99. The van der Waals surface area contributed by atoms with E-state index in [1.165, 1.54) is 13.0 Å². The van der Waals surface area contributed by atoms with Crippen molar-refractivity contribution in [3.05, 3.63) is 33.7 Å². The van der Waals surface area contributed by atoms with E-state index in [0.717, 1.165) is 6.07 Å². The van der Waals surface area contributed by atoms with Crippen molar-refractivity contribution in [1.82, 2.24) is 9.80 Å². The molecule has 0 atom stereocenters. The number of amides is 1. The summed E-state index contributed by atoms with van der Waals surface area (Å²) < 4.78 is 45.4. The summed E-state index contributed by atoms with van der Waals surface area (Å²) in [6, 6.07) is 2.60. The van der Waals surface area contributed by atoms with Gasteiger partial charge in [0.1, 0.15) is 5.60 Å². The molecule has 0 bridgehead atoms. The van der Waals surface area contributed by atoms with E-state index in [9.17, 15) is 17.7 Å². The van der Waals surface area contributed by atoms with Gasteiger partial charge >= 0.3 is 64.5 Å². The van der Waals surface area contributed by atoms with E-state index in [4.69, 9.17) is 10.3 Å². The molecule has 1 heterocycles. The molecule has 7 nitrogen and oxygen atoms in total. The van der Waals surface area contributed by atoms with Gasteiger partial charge in [-0.2, -0.15) is 0 Å². The molecular weight excluding hydrogens is 413 g/mol. The van der Waals surface area contributed by atoms with Crippen LogP contribution in [0.1, 0.15) is 31.9 Å². The molecule has 1 amide bonds. The Labute approximate surface area is 211 Å². The minimum absolute atomic E-state index is 0. The van der Waals surface area contributed by atoms with Gasteiger partial charge in [0.15, 0.2) is 0 Å². The minimum atomic E-state index is -5.22. The largest absolute Gasteiger partial charge is 1.00 e. The Bertz CT molecular complexity index is 786. The smallest absolute Gasteiger partial charge is 0.445 e. The third-order valence-electron chi connectivity index (χ3n) is 4.42. The van der Waals surface area contributed by atoms with Crippen molar-refractivity contribution in [1.29, 1.82) is 0 Å². The summed E-state index contributed by atoms with van der Waals surface area (Å²) in [6.45, 7) is 3.61. The Morgan fingerprint density at radius 3 is 2.31 bits per heavy atom. The van der Waals surface area contributed by atoms with Crippen LogP contribution in [-0.4, -0.2) is 54.7 Å². The van der Waals surface area contributed by atoms with Crippen LogP contribution in [0, 0.1) is 6.92 Å². The van der Waals surface area contributed by atoms with Gasteiger partial charge in [0.05, 0.1) is 0 Å². The number of carbonyl (C=O) groups is 1. The molecule has 0 aromatic heterocycles. The molecule has 1 aliphatic rings. The molecule has 1 aliphatic heterocycles. The van der Waals surface area contributed by atoms with E-state index >= 15 is 0 Å². The summed E-state index contributed by atoms with van der Waals surface area (Å²) >= 11 is 0. The molecule has 154 valence electrons. The van der Waals surface area contributed by atoms with E-state index in [0.29, 0.717) is 31.7 Å². The zero-order chi connectivity index (χ0) is 21.1. The maximum absolute atomic E-state index is 13.4. The number of nitrogens with zero attached hydrogens (tertiary/aromatic N) is 5. The van der Waals surface area contributed by atoms with Crippen LogP contribution in [0.5, 0.6) is 0 Å². The Hall–Kier alpha value is -0.749. The standard InChI is InChI=1S/C17H24BF3N5O2.K/c1-12-14(18(19,20)21)9-13(10-15(12)23-24-22)11-25-5-7-26(8-6-25)16(27)28-17(2,3)4;/h9-10H,5-8,11H2,1-4H3;/q-1;+1. The fraction of sp³-hybridized carbons (Fsp3) is 0.588. The van der Waals surface area contributed by atoms with Gasteiger partial charge < -0.3 is 22.6 Å². The van der Waals surface area contributed by atoms with Crippen LogP contribution in [0.4, 0.5) is 23.4 Å². The maximum atomic E-state index is 13.4. The Balaban J connectivity index is 0.00000420. The van der Waals surface area contributed by atoms with Crippen molar-refractivity contribution in [2.75, 3.05) is 26.2 Å². The van der Waals surface area contributed by atoms with Crippen molar-refractivity contribution in [3.63, 3.8) is 0 Å². The number of azide groups is 1. The molecule has 1 saturated heterocycles. The number of piperazine rings is 1. The Morgan fingerprint density at radius 1 is 1.24 bits per heavy atom. The number of benzene rings is 1. The van der Waals surface area contributed by atoms with Crippen LogP contribution in [0.2, 0.25) is 0 Å². The third kappa shape index (κ3) is 7.78. The van der Waals surface area contributed by atoms with E-state index in [1.807, 2.05) is 4.90 Å². The SMILES string of the molecule is Cc1c(N=[N+]=[N-])cc(CN2CCN(C(=O)OC(C)(C)C)CC2)cc1[B-](F)(F)F.[K+]. The molecule has 1 aromatic rings. The van der Waals surface area contributed by atoms with Crippen molar-refractivity contribution in [3.8, 4) is 0 Å². The average molecular weight is 437 g/mol. The third-order valence-corrected chi connectivity index (χ3v) is 4.42. The number of carbonyl (C=O) groups excluding carboxylic acids is 1. The van der Waals surface area contributed by atoms with E-state index < -0.39 is 24.1 Å². The van der Waals surface area contributed by atoms with Gasteiger partial charge in [-0.25, -0.2) is 4.79 Å². The van der Waals surface area contributed by atoms with Gasteiger partial charge in [0.25, 0.3) is 0 Å². The molecule has 1 aromatic carbocycles. The predicted octanol–water partition coefficient (Wildman–Crippen LogP) is 1.05. The van der Waals surface area contributed by atoms with E-state index in [-0.39, 0.29) is 69.2 Å². The second-order valence-electron chi connectivity index (χ2n) is 7.84. The molecule has 29 heavy (non-hydrogen) atoms. The van der Waals surface area contributed by atoms with Gasteiger partial charge in [-0.15, -0.1) is 5.46 Å². The number of halogens is 3. The van der Waals surface area contributed by atoms with Crippen LogP contribution >= 0.6 is 0 Å². The molecule has 0 spiro atoms. The van der Waals surface area contributed by atoms with Gasteiger partial charge in [0.2, 0.25) is 0 Å². The normalized spacial score (nSPS) is 15.3. The topological polar surface area (TPSA) is 81.5 Å². The molecule has 0 saturated carbocycles. The van der Waals surface area contributed by atoms with Crippen molar-refractivity contribution in [2.45, 2.75) is 39.8 Å². The maximum Gasteiger partial charge on any atom is 1.00 e. The van der Waals surface area contributed by atoms with Crippen LogP contribution in [0.15, 0.2) is 17.2 Å². The first kappa shape index (κ1) is 26.3. The monoisotopic (exact) mass is 437 g/mol. The molecular formula is C17H24BF3KN5O2. The molecule has 0 radical (unpaired) electrons. The predicted molar refractivity (Wildman–Crippen MR) is 102 cm³/mol. The molecule has 1 fully saturated rings. The summed E-state index contributed by atoms with van der Waals surface area (Å²) in [5, 5.41) is 3.41. The van der Waals surface area contributed by atoms with Crippen LogP contribution in [0.3, 0.4) is 0 Å². The number of hydrogen-bond acceptors (Lipinski definition) is 4. The summed E-state index contributed by atoms with van der Waals surface area (Å²) in [5.74, 6) is 0. The quantitative estimate of drug-likeness (QED) is 0.306. The summed E-state index contributed by atoms with van der Waals surface area (Å²) in [6.07, 6.45) is -0.393. The minimum Gasteiger partial charge on any atom is -0.445 e. The van der Waals surface area contributed by atoms with Crippen molar-refractivity contribution < 1.29 is 73.9 Å². The molecule has 0 N–H and O–H groups in total. The second-order valence-corrected chi connectivity index (χ2v) is 7.84. The second kappa shape index (κ2) is 10.5. The number of hydrogen-bond donors (Lipinski definition) is 0. The fourth-order valence-electron chi connectivity index (χ4n) is 3.04. The van der Waals surface area contributed by atoms with Crippen LogP contribution in [-0.2, 0) is 11.3 Å². The molecule has 0 aliphatic carbocycles. The van der Waals surface area contributed by atoms with E-state index in [2.05, 4.69) is 10.0 Å². The summed E-state index contributed by atoms with van der Waals surface area (Å²) in [7, 11) is 0. The zero-order valence-electron chi connectivity index (χ0n) is 17.5. The molecule has 2 rings (SSSR count). The van der Waals surface area contributed by atoms with Gasteiger partial charge in [0, 0.05) is 43.3 Å². The van der Waals surface area contributed by atoms with Crippen LogP contribution in [0.25, 0.3) is 10.4 Å². The number of ether oxygens (including phenoxy) is 1. The molecule has 12 heteroatoms. The first-order valence-electron chi connectivity index (χ1n) is 8.99.